The molecule has 2 aromatic heterocycles. The van der Waals surface area contributed by atoms with Gasteiger partial charge in [0.15, 0.2) is 0 Å². The summed E-state index contributed by atoms with van der Waals surface area (Å²) in [5.41, 5.74) is 3.71. The molecule has 1 saturated heterocycles. The quantitative estimate of drug-likeness (QED) is 0.567. The van der Waals surface area contributed by atoms with E-state index in [1.165, 1.54) is 0 Å². The van der Waals surface area contributed by atoms with Crippen molar-refractivity contribution in [3.8, 4) is 11.1 Å². The highest BCUT2D eigenvalue weighted by Crippen LogP contribution is 2.36. The third kappa shape index (κ3) is 5.86. The summed E-state index contributed by atoms with van der Waals surface area (Å²) in [4.78, 5) is 30.7. The van der Waals surface area contributed by atoms with Gasteiger partial charge in [0.05, 0.1) is 30.5 Å². The molecule has 0 aliphatic carbocycles. The molecular weight excluding hydrogens is 436 g/mol. The molecule has 1 aromatic carbocycles. The molecule has 172 valence electrons. The summed E-state index contributed by atoms with van der Waals surface area (Å²) in [5, 5.41) is 3.67. The molecule has 0 spiro atoms. The molecule has 3 aromatic rings. The van der Waals surface area contributed by atoms with Crippen molar-refractivity contribution in [1.29, 1.82) is 0 Å². The van der Waals surface area contributed by atoms with Gasteiger partial charge in [0.2, 0.25) is 11.9 Å². The molecule has 1 amide bonds. The zero-order chi connectivity index (χ0) is 23.2. The standard InChI is InChI=1S/C25H29ClN6O/c1-31(2)25-29-16-21(18-8-7-9-19(26)14-18)24(30-25)22-11-4-6-13-32(22)17-23(33)28-15-20-10-3-5-12-27-20/h3,5,7-10,12,14,16,22H,4,6,11,13,15,17H2,1-2H3,(H,28,33)/t22-/m0/s1. The minimum atomic E-state index is -0.0150. The number of carbonyl (C=O) groups excluding carboxylic acids is 1. The largest absolute Gasteiger partial charge is 0.349 e. The zero-order valence-corrected chi connectivity index (χ0v) is 19.8. The SMILES string of the molecule is CN(C)c1ncc(-c2cccc(Cl)c2)c([C@@H]2CCCCN2CC(=O)NCc2ccccn2)n1. The van der Waals surface area contributed by atoms with Crippen LogP contribution in [-0.4, -0.2) is 52.9 Å². The second-order valence-electron chi connectivity index (χ2n) is 8.45. The van der Waals surface area contributed by atoms with Crippen molar-refractivity contribution >= 4 is 23.5 Å². The zero-order valence-electron chi connectivity index (χ0n) is 19.0. The van der Waals surface area contributed by atoms with Gasteiger partial charge in [0.1, 0.15) is 0 Å². The Labute approximate surface area is 199 Å². The lowest BCUT2D eigenvalue weighted by Crippen LogP contribution is -2.42. The molecule has 1 fully saturated rings. The first-order valence-corrected chi connectivity index (χ1v) is 11.6. The Kier molecular flexibility index (Phi) is 7.52. The Balaban J connectivity index is 1.59. The lowest BCUT2D eigenvalue weighted by Gasteiger charge is -2.36. The molecule has 0 unspecified atom stereocenters. The Bertz CT molecular complexity index is 1090. The van der Waals surface area contributed by atoms with E-state index in [4.69, 9.17) is 16.6 Å². The van der Waals surface area contributed by atoms with Crippen LogP contribution in [0.5, 0.6) is 0 Å². The van der Waals surface area contributed by atoms with Gasteiger partial charge in [-0.2, -0.15) is 0 Å². The van der Waals surface area contributed by atoms with E-state index >= 15 is 0 Å². The number of halogens is 1. The average Bonchev–Trinajstić information content (AvgIpc) is 2.83. The molecule has 0 radical (unpaired) electrons. The molecule has 4 rings (SSSR count). The highest BCUT2D eigenvalue weighted by molar-refractivity contribution is 6.30. The van der Waals surface area contributed by atoms with Gasteiger partial charge in [0, 0.05) is 37.1 Å². The van der Waals surface area contributed by atoms with E-state index in [0.29, 0.717) is 24.1 Å². The lowest BCUT2D eigenvalue weighted by atomic mass is 9.94. The van der Waals surface area contributed by atoms with Crippen LogP contribution in [0, 0.1) is 0 Å². The van der Waals surface area contributed by atoms with Crippen molar-refractivity contribution in [3.63, 3.8) is 0 Å². The average molecular weight is 465 g/mol. The molecule has 7 nitrogen and oxygen atoms in total. The maximum atomic E-state index is 12.8. The van der Waals surface area contributed by atoms with Crippen LogP contribution < -0.4 is 10.2 Å². The van der Waals surface area contributed by atoms with Crippen LogP contribution in [0.25, 0.3) is 11.1 Å². The predicted octanol–water partition coefficient (Wildman–Crippen LogP) is 4.10. The van der Waals surface area contributed by atoms with E-state index in [9.17, 15) is 4.79 Å². The minimum absolute atomic E-state index is 0.0150. The van der Waals surface area contributed by atoms with Crippen molar-refractivity contribution in [2.24, 2.45) is 0 Å². The first-order valence-electron chi connectivity index (χ1n) is 11.2. The monoisotopic (exact) mass is 464 g/mol. The third-order valence-corrected chi connectivity index (χ3v) is 6.05. The fourth-order valence-corrected chi connectivity index (χ4v) is 4.35. The van der Waals surface area contributed by atoms with Crippen LogP contribution in [-0.2, 0) is 11.3 Å². The van der Waals surface area contributed by atoms with Crippen LogP contribution in [0.3, 0.4) is 0 Å². The number of nitrogens with one attached hydrogen (secondary N) is 1. The Morgan fingerprint density at radius 3 is 2.82 bits per heavy atom. The summed E-state index contributed by atoms with van der Waals surface area (Å²) in [7, 11) is 3.86. The molecule has 8 heteroatoms. The number of hydrogen-bond donors (Lipinski definition) is 1. The summed E-state index contributed by atoms with van der Waals surface area (Å²) in [5.74, 6) is 0.639. The van der Waals surface area contributed by atoms with Gasteiger partial charge in [-0.15, -0.1) is 0 Å². The van der Waals surface area contributed by atoms with Crippen molar-refractivity contribution in [2.75, 3.05) is 32.1 Å². The number of anilines is 1. The van der Waals surface area contributed by atoms with Crippen LogP contribution in [0.15, 0.2) is 54.9 Å². The summed E-state index contributed by atoms with van der Waals surface area (Å²) in [6.45, 7) is 1.58. The van der Waals surface area contributed by atoms with E-state index in [1.807, 2.05) is 67.7 Å². The Morgan fingerprint density at radius 2 is 2.06 bits per heavy atom. The van der Waals surface area contributed by atoms with Crippen LogP contribution >= 0.6 is 11.6 Å². The summed E-state index contributed by atoms with van der Waals surface area (Å²) in [6.07, 6.45) is 6.69. The predicted molar refractivity (Wildman–Crippen MR) is 131 cm³/mol. The van der Waals surface area contributed by atoms with E-state index in [0.717, 1.165) is 48.3 Å². The fourth-order valence-electron chi connectivity index (χ4n) is 4.16. The fraction of sp³-hybridized carbons (Fsp3) is 0.360. The normalized spacial score (nSPS) is 16.4. The first-order chi connectivity index (χ1) is 16.0. The lowest BCUT2D eigenvalue weighted by molar-refractivity contribution is -0.123. The third-order valence-electron chi connectivity index (χ3n) is 5.81. The molecule has 1 atom stereocenters. The number of hydrogen-bond acceptors (Lipinski definition) is 6. The molecule has 33 heavy (non-hydrogen) atoms. The Morgan fingerprint density at radius 1 is 1.18 bits per heavy atom. The van der Waals surface area contributed by atoms with Crippen molar-refractivity contribution in [1.82, 2.24) is 25.2 Å². The van der Waals surface area contributed by atoms with E-state index in [-0.39, 0.29) is 11.9 Å². The van der Waals surface area contributed by atoms with Gasteiger partial charge in [0.25, 0.3) is 0 Å². The van der Waals surface area contributed by atoms with Crippen molar-refractivity contribution in [2.45, 2.75) is 31.8 Å². The van der Waals surface area contributed by atoms with E-state index in [2.05, 4.69) is 20.2 Å². The van der Waals surface area contributed by atoms with Crippen molar-refractivity contribution in [3.05, 3.63) is 71.3 Å². The number of piperidine rings is 1. The number of aromatic nitrogens is 3. The molecule has 1 aliphatic rings. The van der Waals surface area contributed by atoms with Gasteiger partial charge in [-0.25, -0.2) is 9.97 Å². The highest BCUT2D eigenvalue weighted by atomic mass is 35.5. The van der Waals surface area contributed by atoms with Crippen LogP contribution in [0.1, 0.15) is 36.7 Å². The summed E-state index contributed by atoms with van der Waals surface area (Å²) in [6, 6.07) is 13.5. The maximum Gasteiger partial charge on any atom is 0.234 e. The van der Waals surface area contributed by atoms with Gasteiger partial charge in [-0.3, -0.25) is 14.7 Å². The van der Waals surface area contributed by atoms with Crippen LogP contribution in [0.2, 0.25) is 5.02 Å². The number of pyridine rings is 1. The topological polar surface area (TPSA) is 74.2 Å². The smallest absolute Gasteiger partial charge is 0.234 e. The number of carbonyl (C=O) groups is 1. The van der Waals surface area contributed by atoms with Gasteiger partial charge >= 0.3 is 0 Å². The van der Waals surface area contributed by atoms with Gasteiger partial charge < -0.3 is 10.2 Å². The van der Waals surface area contributed by atoms with E-state index in [1.54, 1.807) is 6.20 Å². The molecule has 0 saturated carbocycles. The number of rotatable bonds is 7. The highest BCUT2D eigenvalue weighted by Gasteiger charge is 2.29. The number of nitrogens with zero attached hydrogens (tertiary/aromatic N) is 5. The second kappa shape index (κ2) is 10.7. The first kappa shape index (κ1) is 23.1. The molecule has 3 heterocycles. The van der Waals surface area contributed by atoms with E-state index < -0.39 is 0 Å². The Hall–Kier alpha value is -3.03. The molecule has 1 aliphatic heterocycles. The van der Waals surface area contributed by atoms with Crippen molar-refractivity contribution < 1.29 is 4.79 Å². The number of benzene rings is 1. The summed E-state index contributed by atoms with van der Waals surface area (Å²) >= 11 is 6.28. The number of amides is 1. The molecule has 1 N–H and O–H groups in total. The van der Waals surface area contributed by atoms with Gasteiger partial charge in [-0.05, 0) is 49.2 Å². The molecular formula is C25H29ClN6O. The second-order valence-corrected chi connectivity index (χ2v) is 8.89. The summed E-state index contributed by atoms with van der Waals surface area (Å²) < 4.78 is 0. The number of likely N-dealkylation sites (tertiary alicyclic amines) is 1. The maximum absolute atomic E-state index is 12.8. The van der Waals surface area contributed by atoms with Crippen LogP contribution in [0.4, 0.5) is 5.95 Å². The van der Waals surface area contributed by atoms with Gasteiger partial charge in [-0.1, -0.05) is 36.2 Å². The molecule has 0 bridgehead atoms. The minimum Gasteiger partial charge on any atom is -0.349 e.